The lowest BCUT2D eigenvalue weighted by atomic mass is 10.0. The lowest BCUT2D eigenvalue weighted by Crippen LogP contribution is -2.49. The minimum Gasteiger partial charge on any atom is -0.340 e. The van der Waals surface area contributed by atoms with Gasteiger partial charge in [0, 0.05) is 38.2 Å². The van der Waals surface area contributed by atoms with Gasteiger partial charge in [0.25, 0.3) is 0 Å². The van der Waals surface area contributed by atoms with Crippen LogP contribution in [0.1, 0.15) is 23.6 Å². The van der Waals surface area contributed by atoms with E-state index in [9.17, 15) is 14.4 Å². The van der Waals surface area contributed by atoms with E-state index in [2.05, 4.69) is 6.07 Å². The third-order valence-corrected chi connectivity index (χ3v) is 4.82. The van der Waals surface area contributed by atoms with Gasteiger partial charge in [-0.25, -0.2) is 4.39 Å². The van der Waals surface area contributed by atoms with Crippen LogP contribution in [0.2, 0.25) is 0 Å². The second-order valence-corrected chi connectivity index (χ2v) is 6.46. The summed E-state index contributed by atoms with van der Waals surface area (Å²) in [5.41, 5.74) is 1.56. The normalized spacial score (nSPS) is 16.1. The predicted molar refractivity (Wildman–Crippen MR) is 97.7 cm³/mol. The van der Waals surface area contributed by atoms with Crippen molar-refractivity contribution in [3.63, 3.8) is 0 Å². The highest BCUT2D eigenvalue weighted by molar-refractivity contribution is 5.76. The lowest BCUT2D eigenvalue weighted by molar-refractivity contribution is -0.133. The van der Waals surface area contributed by atoms with Crippen LogP contribution in [0.5, 0.6) is 0 Å². The Bertz CT molecular complexity index is 779. The third kappa shape index (κ3) is 4.27. The molecule has 0 saturated carbocycles. The van der Waals surface area contributed by atoms with Crippen LogP contribution >= 0.6 is 0 Å². The van der Waals surface area contributed by atoms with Gasteiger partial charge in [0.15, 0.2) is 0 Å². The van der Waals surface area contributed by atoms with E-state index in [1.807, 2.05) is 40.1 Å². The average molecular weight is 351 g/mol. The molecule has 5 heteroatoms. The maximum absolute atomic E-state index is 14.0. The van der Waals surface area contributed by atoms with Crippen LogP contribution in [0.4, 0.5) is 4.39 Å². The molecular weight excluding hydrogens is 329 g/mol. The molecule has 0 aliphatic carbocycles. The number of rotatable bonds is 5. The number of hydrogen-bond acceptors (Lipinski definition) is 3. The lowest BCUT2D eigenvalue weighted by Gasteiger charge is -2.37. The van der Waals surface area contributed by atoms with Crippen molar-refractivity contribution in [2.24, 2.45) is 0 Å². The van der Waals surface area contributed by atoms with Crippen LogP contribution in [0, 0.1) is 17.1 Å². The van der Waals surface area contributed by atoms with Gasteiger partial charge < -0.3 is 4.90 Å². The first-order valence-electron chi connectivity index (χ1n) is 8.89. The van der Waals surface area contributed by atoms with E-state index in [-0.39, 0.29) is 11.7 Å². The van der Waals surface area contributed by atoms with Gasteiger partial charge in [-0.3, -0.25) is 9.69 Å². The number of benzene rings is 2. The maximum atomic E-state index is 14.0. The van der Waals surface area contributed by atoms with Gasteiger partial charge >= 0.3 is 0 Å². The van der Waals surface area contributed by atoms with Crippen molar-refractivity contribution in [2.75, 3.05) is 26.2 Å². The van der Waals surface area contributed by atoms with Crippen molar-refractivity contribution in [1.82, 2.24) is 9.80 Å². The van der Waals surface area contributed by atoms with Crippen molar-refractivity contribution in [2.45, 2.75) is 18.9 Å². The van der Waals surface area contributed by atoms with Crippen molar-refractivity contribution in [3.05, 3.63) is 71.5 Å². The molecule has 1 atom stereocenters. The summed E-state index contributed by atoms with van der Waals surface area (Å²) in [6.45, 7) is 2.29. The monoisotopic (exact) mass is 351 g/mol. The summed E-state index contributed by atoms with van der Waals surface area (Å²) in [6.07, 6.45) is 1.22. The fourth-order valence-corrected chi connectivity index (χ4v) is 3.33. The Balaban J connectivity index is 1.54. The van der Waals surface area contributed by atoms with E-state index in [0.717, 1.165) is 12.0 Å². The van der Waals surface area contributed by atoms with E-state index < -0.39 is 6.04 Å². The summed E-state index contributed by atoms with van der Waals surface area (Å²) in [5, 5.41) is 9.50. The number of nitriles is 1. The zero-order valence-electron chi connectivity index (χ0n) is 14.6. The number of amides is 1. The molecule has 2 aromatic rings. The van der Waals surface area contributed by atoms with E-state index in [1.54, 1.807) is 18.2 Å². The maximum Gasteiger partial charge on any atom is 0.222 e. The highest BCUT2D eigenvalue weighted by Crippen LogP contribution is 2.24. The molecule has 1 amide bonds. The van der Waals surface area contributed by atoms with Gasteiger partial charge in [0.05, 0.1) is 6.07 Å². The number of carbonyl (C=O) groups is 1. The molecule has 0 bridgehead atoms. The van der Waals surface area contributed by atoms with Crippen molar-refractivity contribution < 1.29 is 9.18 Å². The summed E-state index contributed by atoms with van der Waals surface area (Å²) >= 11 is 0. The second-order valence-electron chi connectivity index (χ2n) is 6.46. The molecule has 1 heterocycles. The SMILES string of the molecule is N#CC(c1ccccc1F)N1CCN(C(=O)CCc2ccccc2)CC1. The summed E-state index contributed by atoms with van der Waals surface area (Å²) in [6, 6.07) is 17.9. The molecule has 3 rings (SSSR count). The number of piperazine rings is 1. The molecule has 0 aromatic heterocycles. The Hall–Kier alpha value is -2.71. The first-order chi connectivity index (χ1) is 12.7. The molecule has 26 heavy (non-hydrogen) atoms. The summed E-state index contributed by atoms with van der Waals surface area (Å²) in [7, 11) is 0. The van der Waals surface area contributed by atoms with Gasteiger partial charge in [-0.05, 0) is 18.1 Å². The average Bonchev–Trinajstić information content (AvgIpc) is 2.69. The molecule has 0 radical (unpaired) electrons. The zero-order chi connectivity index (χ0) is 18.4. The smallest absolute Gasteiger partial charge is 0.222 e. The van der Waals surface area contributed by atoms with E-state index in [0.29, 0.717) is 38.2 Å². The largest absolute Gasteiger partial charge is 0.340 e. The molecule has 134 valence electrons. The summed E-state index contributed by atoms with van der Waals surface area (Å²) in [5.74, 6) is -0.228. The first-order valence-corrected chi connectivity index (χ1v) is 8.89. The first kappa shape index (κ1) is 18.1. The Morgan fingerprint density at radius 3 is 2.35 bits per heavy atom. The fourth-order valence-electron chi connectivity index (χ4n) is 3.33. The molecule has 4 nitrogen and oxygen atoms in total. The standard InChI is InChI=1S/C21H22FN3O/c22-19-9-5-4-8-18(19)20(16-23)24-12-14-25(15-13-24)21(26)11-10-17-6-2-1-3-7-17/h1-9,20H,10-15H2. The number of carbonyl (C=O) groups excluding carboxylic acids is 1. The van der Waals surface area contributed by atoms with Gasteiger partial charge in [-0.2, -0.15) is 5.26 Å². The second kappa shape index (κ2) is 8.59. The molecule has 1 saturated heterocycles. The Morgan fingerprint density at radius 1 is 1.04 bits per heavy atom. The van der Waals surface area contributed by atoms with Crippen LogP contribution in [-0.2, 0) is 11.2 Å². The van der Waals surface area contributed by atoms with E-state index >= 15 is 0 Å². The molecule has 1 aliphatic heterocycles. The van der Waals surface area contributed by atoms with Crippen LogP contribution in [0.3, 0.4) is 0 Å². The van der Waals surface area contributed by atoms with Crippen LogP contribution in [-0.4, -0.2) is 41.9 Å². The molecule has 0 spiro atoms. The number of aryl methyl sites for hydroxylation is 1. The van der Waals surface area contributed by atoms with Crippen LogP contribution in [0.15, 0.2) is 54.6 Å². The summed E-state index contributed by atoms with van der Waals surface area (Å²) in [4.78, 5) is 16.2. The van der Waals surface area contributed by atoms with Gasteiger partial charge in [0.1, 0.15) is 11.9 Å². The van der Waals surface area contributed by atoms with Gasteiger partial charge in [-0.1, -0.05) is 48.5 Å². The molecular formula is C21H22FN3O. The highest BCUT2D eigenvalue weighted by Gasteiger charge is 2.28. The predicted octanol–water partition coefficient (Wildman–Crippen LogP) is 3.17. The molecule has 2 aromatic carbocycles. The van der Waals surface area contributed by atoms with Gasteiger partial charge in [-0.15, -0.1) is 0 Å². The van der Waals surface area contributed by atoms with E-state index in [4.69, 9.17) is 0 Å². The highest BCUT2D eigenvalue weighted by atomic mass is 19.1. The molecule has 1 fully saturated rings. The Morgan fingerprint density at radius 2 is 1.69 bits per heavy atom. The van der Waals surface area contributed by atoms with Gasteiger partial charge in [0.2, 0.25) is 5.91 Å². The minimum atomic E-state index is -0.613. The van der Waals surface area contributed by atoms with Crippen molar-refractivity contribution in [3.8, 4) is 6.07 Å². The zero-order valence-corrected chi connectivity index (χ0v) is 14.6. The van der Waals surface area contributed by atoms with Crippen LogP contribution in [0.25, 0.3) is 0 Å². The summed E-state index contributed by atoms with van der Waals surface area (Å²) < 4.78 is 14.0. The fraction of sp³-hybridized carbons (Fsp3) is 0.333. The van der Waals surface area contributed by atoms with Crippen molar-refractivity contribution in [1.29, 1.82) is 5.26 Å². The number of hydrogen-bond donors (Lipinski definition) is 0. The quantitative estimate of drug-likeness (QED) is 0.831. The molecule has 1 unspecified atom stereocenters. The number of halogens is 1. The van der Waals surface area contributed by atoms with Crippen LogP contribution < -0.4 is 0 Å². The Labute approximate surface area is 153 Å². The Kier molecular flexibility index (Phi) is 5.98. The number of nitrogens with zero attached hydrogens (tertiary/aromatic N) is 3. The van der Waals surface area contributed by atoms with Crippen molar-refractivity contribution >= 4 is 5.91 Å². The molecule has 1 aliphatic rings. The third-order valence-electron chi connectivity index (χ3n) is 4.82. The van der Waals surface area contributed by atoms with E-state index in [1.165, 1.54) is 6.07 Å². The topological polar surface area (TPSA) is 47.3 Å². The minimum absolute atomic E-state index is 0.132. The molecule has 0 N–H and O–H groups in total.